The van der Waals surface area contributed by atoms with Crippen molar-refractivity contribution in [3.63, 3.8) is 0 Å². The lowest BCUT2D eigenvalue weighted by Gasteiger charge is -2.47. The molecule has 4 aliphatic rings. The molecule has 7 atom stereocenters. The molecule has 4 rings (SSSR count). The Labute approximate surface area is 143 Å². The molecule has 0 aliphatic heterocycles. The summed E-state index contributed by atoms with van der Waals surface area (Å²) < 4.78 is 0. The highest BCUT2D eigenvalue weighted by molar-refractivity contribution is 5.95. The fourth-order valence-corrected chi connectivity index (χ4v) is 6.46. The first kappa shape index (κ1) is 16.5. The minimum Gasteiger partial charge on any atom is -0.392 e. The van der Waals surface area contributed by atoms with E-state index in [1.165, 1.54) is 0 Å². The number of allylic oxidation sites excluding steroid dienone is 1. The van der Waals surface area contributed by atoms with E-state index in [1.807, 2.05) is 19.9 Å². The van der Waals surface area contributed by atoms with Crippen molar-refractivity contribution in [1.82, 2.24) is 0 Å². The Hall–Kier alpha value is -0.970. The van der Waals surface area contributed by atoms with Gasteiger partial charge in [0.05, 0.1) is 12.0 Å². The van der Waals surface area contributed by atoms with E-state index in [4.69, 9.17) is 0 Å². The molecule has 0 unspecified atom stereocenters. The number of fused-ring (bicyclic) bond motifs is 3. The largest absolute Gasteiger partial charge is 0.392 e. The number of carbonyl (C=O) groups is 1. The van der Waals surface area contributed by atoms with Crippen molar-refractivity contribution < 1.29 is 20.1 Å². The van der Waals surface area contributed by atoms with Crippen molar-refractivity contribution in [3.05, 3.63) is 23.3 Å². The van der Waals surface area contributed by atoms with Gasteiger partial charge in [0, 0.05) is 12.3 Å². The monoisotopic (exact) mass is 332 g/mol. The lowest BCUT2D eigenvalue weighted by molar-refractivity contribution is -0.164. The summed E-state index contributed by atoms with van der Waals surface area (Å²) in [6.07, 6.45) is 3.68. The van der Waals surface area contributed by atoms with Crippen LogP contribution in [0.1, 0.15) is 40.5 Å². The third-order valence-corrected chi connectivity index (χ3v) is 7.74. The molecule has 0 aromatic rings. The van der Waals surface area contributed by atoms with E-state index in [2.05, 4.69) is 13.8 Å². The highest BCUT2D eigenvalue weighted by Gasteiger charge is 2.73. The Bertz CT molecular complexity index is 675. The molecular weight excluding hydrogens is 304 g/mol. The number of aliphatic hydroxyl groups excluding tert-OH is 2. The predicted molar refractivity (Wildman–Crippen MR) is 90.0 cm³/mol. The van der Waals surface area contributed by atoms with Gasteiger partial charge < -0.3 is 15.3 Å². The maximum Gasteiger partial charge on any atom is 0.153 e. The van der Waals surface area contributed by atoms with E-state index in [0.717, 1.165) is 12.0 Å². The van der Waals surface area contributed by atoms with Crippen LogP contribution in [0.4, 0.5) is 0 Å². The Morgan fingerprint density at radius 3 is 2.62 bits per heavy atom. The number of ketones is 1. The number of hydrogen-bond donors (Lipinski definition) is 3. The summed E-state index contributed by atoms with van der Waals surface area (Å²) in [5, 5.41) is 32.3. The SMILES string of the molecule is CC1=C[C@]23C(=O)[C@@H](C=C(CO)[C@@H](O)[C@]2(O)C1)[C@H]1[C@@H](C[C@H]3C)C1(C)C. The van der Waals surface area contributed by atoms with E-state index < -0.39 is 17.1 Å². The number of hydrogen-bond acceptors (Lipinski definition) is 4. The van der Waals surface area contributed by atoms with E-state index in [0.29, 0.717) is 11.5 Å². The van der Waals surface area contributed by atoms with Crippen molar-refractivity contribution in [1.29, 1.82) is 0 Å². The zero-order valence-corrected chi connectivity index (χ0v) is 14.9. The van der Waals surface area contributed by atoms with Crippen LogP contribution in [0.3, 0.4) is 0 Å². The second-order valence-corrected chi connectivity index (χ2v) is 9.24. The Morgan fingerprint density at radius 2 is 2.00 bits per heavy atom. The zero-order valence-electron chi connectivity index (χ0n) is 14.9. The topological polar surface area (TPSA) is 77.8 Å². The molecule has 24 heavy (non-hydrogen) atoms. The Balaban J connectivity index is 1.97. The van der Waals surface area contributed by atoms with Gasteiger partial charge in [-0.25, -0.2) is 0 Å². The van der Waals surface area contributed by atoms with E-state index in [9.17, 15) is 20.1 Å². The maximum absolute atomic E-state index is 13.7. The highest BCUT2D eigenvalue weighted by Crippen LogP contribution is 2.71. The minimum absolute atomic E-state index is 0.0344. The van der Waals surface area contributed by atoms with Crippen molar-refractivity contribution in [2.24, 2.45) is 34.5 Å². The third-order valence-electron chi connectivity index (χ3n) is 7.74. The van der Waals surface area contributed by atoms with Gasteiger partial charge in [-0.1, -0.05) is 38.5 Å². The molecule has 2 saturated carbocycles. The van der Waals surface area contributed by atoms with Gasteiger partial charge in [-0.2, -0.15) is 0 Å². The van der Waals surface area contributed by atoms with Crippen molar-refractivity contribution in [2.45, 2.75) is 52.2 Å². The van der Waals surface area contributed by atoms with Crippen molar-refractivity contribution >= 4 is 5.78 Å². The molecule has 2 bridgehead atoms. The van der Waals surface area contributed by atoms with Crippen LogP contribution in [0.15, 0.2) is 23.3 Å². The van der Waals surface area contributed by atoms with Crippen molar-refractivity contribution in [3.8, 4) is 0 Å². The van der Waals surface area contributed by atoms with Crippen LogP contribution < -0.4 is 0 Å². The first-order valence-electron chi connectivity index (χ1n) is 9.05. The number of rotatable bonds is 1. The predicted octanol–water partition coefficient (Wildman–Crippen LogP) is 1.84. The molecule has 3 N–H and O–H groups in total. The third kappa shape index (κ3) is 1.63. The summed E-state index contributed by atoms with van der Waals surface area (Å²) in [7, 11) is 0. The average molecular weight is 332 g/mol. The molecule has 1 spiro atoms. The molecule has 0 heterocycles. The first-order valence-corrected chi connectivity index (χ1v) is 9.05. The maximum atomic E-state index is 13.7. The summed E-state index contributed by atoms with van der Waals surface area (Å²) in [5.74, 6) is 0.355. The number of Topliss-reactive ketones (excluding diaryl/α,β-unsaturated/α-hetero) is 1. The van der Waals surface area contributed by atoms with Gasteiger partial charge in [-0.3, -0.25) is 4.79 Å². The second-order valence-electron chi connectivity index (χ2n) is 9.24. The average Bonchev–Trinajstić information content (AvgIpc) is 2.94. The van der Waals surface area contributed by atoms with Crippen LogP contribution in [0.5, 0.6) is 0 Å². The van der Waals surface area contributed by atoms with Crippen molar-refractivity contribution in [2.75, 3.05) is 6.61 Å². The molecule has 0 aromatic carbocycles. The second kappa shape index (κ2) is 4.60. The summed E-state index contributed by atoms with van der Waals surface area (Å²) in [4.78, 5) is 13.7. The highest BCUT2D eigenvalue weighted by atomic mass is 16.3. The van der Waals surface area contributed by atoms with E-state index in [1.54, 1.807) is 6.08 Å². The van der Waals surface area contributed by atoms with Crippen LogP contribution in [-0.2, 0) is 4.79 Å². The summed E-state index contributed by atoms with van der Waals surface area (Å²) in [6, 6.07) is 0. The zero-order chi connectivity index (χ0) is 17.7. The van der Waals surface area contributed by atoms with Crippen LogP contribution in [0.25, 0.3) is 0 Å². The van der Waals surface area contributed by atoms with Crippen LogP contribution in [0.2, 0.25) is 0 Å². The lowest BCUT2D eigenvalue weighted by Crippen LogP contribution is -2.60. The minimum atomic E-state index is -1.54. The summed E-state index contributed by atoms with van der Waals surface area (Å²) in [5.41, 5.74) is -1.14. The molecular formula is C20H28O4. The van der Waals surface area contributed by atoms with Gasteiger partial charge >= 0.3 is 0 Å². The van der Waals surface area contributed by atoms with E-state index >= 15 is 0 Å². The van der Waals surface area contributed by atoms with Gasteiger partial charge in [-0.05, 0) is 42.1 Å². The molecule has 0 saturated heterocycles. The fourth-order valence-electron chi connectivity index (χ4n) is 6.46. The van der Waals surface area contributed by atoms with Crippen LogP contribution in [0, 0.1) is 34.5 Å². The molecule has 0 aromatic heterocycles. The molecule has 4 heteroatoms. The molecule has 2 fully saturated rings. The standard InChI is InChI=1S/C20H28O4/c1-10-7-19-11(2)5-14-15(18(14,3)4)13(17(19)23)6-12(9-21)16(22)20(19,24)8-10/h6-7,11,13-16,21-22,24H,5,8-9H2,1-4H3/t11-,13+,14-,15+,16-,19+,20-/m1/s1. The van der Waals surface area contributed by atoms with Gasteiger partial charge in [-0.15, -0.1) is 0 Å². The Kier molecular flexibility index (Phi) is 3.16. The fraction of sp³-hybridized carbons (Fsp3) is 0.750. The molecule has 0 amide bonds. The summed E-state index contributed by atoms with van der Waals surface area (Å²) in [6.45, 7) is 8.05. The molecule has 132 valence electrons. The van der Waals surface area contributed by atoms with E-state index in [-0.39, 0.29) is 42.0 Å². The van der Waals surface area contributed by atoms with Crippen LogP contribution in [-0.4, -0.2) is 39.4 Å². The molecule has 0 radical (unpaired) electrons. The first-order chi connectivity index (χ1) is 11.1. The quantitative estimate of drug-likeness (QED) is 0.640. The smallest absolute Gasteiger partial charge is 0.153 e. The lowest BCUT2D eigenvalue weighted by atomic mass is 9.59. The molecule has 4 nitrogen and oxygen atoms in total. The number of carbonyl (C=O) groups excluding carboxylic acids is 1. The van der Waals surface area contributed by atoms with Gasteiger partial charge in [0.15, 0.2) is 5.78 Å². The number of aliphatic hydroxyl groups is 3. The van der Waals surface area contributed by atoms with Gasteiger partial charge in [0.2, 0.25) is 0 Å². The normalized spacial score (nSPS) is 51.8. The van der Waals surface area contributed by atoms with Crippen LogP contribution >= 0.6 is 0 Å². The summed E-state index contributed by atoms with van der Waals surface area (Å²) >= 11 is 0. The van der Waals surface area contributed by atoms with Gasteiger partial charge in [0.25, 0.3) is 0 Å². The Morgan fingerprint density at radius 1 is 1.33 bits per heavy atom. The van der Waals surface area contributed by atoms with Gasteiger partial charge in [0.1, 0.15) is 11.7 Å². The molecule has 4 aliphatic carbocycles.